The molecule has 0 aromatic heterocycles. The fraction of sp³-hybridized carbons (Fsp3) is 0.538. The number of hydrogen-bond acceptors (Lipinski definition) is 3. The topological polar surface area (TPSA) is 35.5 Å². The molecule has 0 fully saturated rings. The highest BCUT2D eigenvalue weighted by Gasteiger charge is 2.10. The van der Waals surface area contributed by atoms with Gasteiger partial charge in [-0.25, -0.2) is 0 Å². The van der Waals surface area contributed by atoms with Gasteiger partial charge in [-0.15, -0.1) is 0 Å². The maximum atomic E-state index is 8.99. The number of rotatable bonds is 6. The molecule has 4 heteroatoms. The van der Waals surface area contributed by atoms with Crippen LogP contribution in [0.2, 0.25) is 5.02 Å². The van der Waals surface area contributed by atoms with Crippen LogP contribution in [0.4, 0.5) is 5.69 Å². The SMILES string of the molecule is CCN(CCO)c1ccc(C(C)NC)c(Cl)c1. The lowest BCUT2D eigenvalue weighted by atomic mass is 10.1. The summed E-state index contributed by atoms with van der Waals surface area (Å²) < 4.78 is 0. The number of nitrogens with one attached hydrogen (secondary N) is 1. The zero-order valence-corrected chi connectivity index (χ0v) is 11.5. The van der Waals surface area contributed by atoms with Crippen LogP contribution in [0.25, 0.3) is 0 Å². The van der Waals surface area contributed by atoms with Crippen molar-refractivity contribution in [3.8, 4) is 0 Å². The Morgan fingerprint density at radius 1 is 1.47 bits per heavy atom. The summed E-state index contributed by atoms with van der Waals surface area (Å²) in [5, 5.41) is 12.9. The van der Waals surface area contributed by atoms with Crippen LogP contribution < -0.4 is 10.2 Å². The first-order valence-corrected chi connectivity index (χ1v) is 6.34. The van der Waals surface area contributed by atoms with Gasteiger partial charge >= 0.3 is 0 Å². The van der Waals surface area contributed by atoms with Gasteiger partial charge in [-0.1, -0.05) is 17.7 Å². The summed E-state index contributed by atoms with van der Waals surface area (Å²) in [6.45, 7) is 5.78. The fourth-order valence-corrected chi connectivity index (χ4v) is 2.15. The van der Waals surface area contributed by atoms with Gasteiger partial charge in [0, 0.05) is 29.8 Å². The van der Waals surface area contributed by atoms with Crippen molar-refractivity contribution in [1.82, 2.24) is 5.32 Å². The molecule has 0 saturated heterocycles. The maximum Gasteiger partial charge on any atom is 0.0606 e. The molecule has 0 aliphatic carbocycles. The molecule has 0 heterocycles. The Bertz CT molecular complexity index is 357. The number of aliphatic hydroxyl groups is 1. The molecule has 0 bridgehead atoms. The molecule has 1 unspecified atom stereocenters. The van der Waals surface area contributed by atoms with E-state index in [9.17, 15) is 0 Å². The zero-order chi connectivity index (χ0) is 12.8. The minimum atomic E-state index is 0.153. The van der Waals surface area contributed by atoms with E-state index >= 15 is 0 Å². The molecule has 96 valence electrons. The molecule has 1 aromatic carbocycles. The van der Waals surface area contributed by atoms with E-state index in [1.807, 2.05) is 25.2 Å². The summed E-state index contributed by atoms with van der Waals surface area (Å²) in [6, 6.07) is 6.29. The minimum Gasteiger partial charge on any atom is -0.395 e. The molecule has 0 aliphatic heterocycles. The molecule has 2 N–H and O–H groups in total. The summed E-state index contributed by atoms with van der Waals surface area (Å²) in [4.78, 5) is 2.10. The van der Waals surface area contributed by atoms with Crippen molar-refractivity contribution in [2.24, 2.45) is 0 Å². The second kappa shape index (κ2) is 6.84. The van der Waals surface area contributed by atoms with E-state index in [0.717, 1.165) is 22.8 Å². The molecule has 1 aromatic rings. The molecule has 0 saturated carbocycles. The third kappa shape index (κ3) is 3.60. The minimum absolute atomic E-state index is 0.153. The van der Waals surface area contributed by atoms with Crippen molar-refractivity contribution in [3.05, 3.63) is 28.8 Å². The third-order valence-corrected chi connectivity index (χ3v) is 3.33. The van der Waals surface area contributed by atoms with E-state index in [4.69, 9.17) is 16.7 Å². The Labute approximate surface area is 108 Å². The van der Waals surface area contributed by atoms with Crippen molar-refractivity contribution >= 4 is 17.3 Å². The van der Waals surface area contributed by atoms with Crippen LogP contribution >= 0.6 is 11.6 Å². The van der Waals surface area contributed by atoms with E-state index < -0.39 is 0 Å². The molecule has 0 aliphatic rings. The average molecular weight is 257 g/mol. The predicted molar refractivity (Wildman–Crippen MR) is 73.9 cm³/mol. The summed E-state index contributed by atoms with van der Waals surface area (Å²) in [7, 11) is 1.92. The number of likely N-dealkylation sites (N-methyl/N-ethyl adjacent to an activating group) is 1. The smallest absolute Gasteiger partial charge is 0.0606 e. The van der Waals surface area contributed by atoms with Gasteiger partial charge in [0.1, 0.15) is 0 Å². The van der Waals surface area contributed by atoms with E-state index in [1.165, 1.54) is 0 Å². The van der Waals surface area contributed by atoms with Gasteiger partial charge in [0.15, 0.2) is 0 Å². The van der Waals surface area contributed by atoms with Crippen LogP contribution in [0.5, 0.6) is 0 Å². The largest absolute Gasteiger partial charge is 0.395 e. The number of hydrogen-bond donors (Lipinski definition) is 2. The second-order valence-corrected chi connectivity index (χ2v) is 4.43. The Balaban J connectivity index is 2.94. The highest BCUT2D eigenvalue weighted by Crippen LogP contribution is 2.27. The van der Waals surface area contributed by atoms with Crippen LogP contribution in [0.1, 0.15) is 25.5 Å². The van der Waals surface area contributed by atoms with Gasteiger partial charge in [-0.2, -0.15) is 0 Å². The van der Waals surface area contributed by atoms with E-state index in [-0.39, 0.29) is 12.6 Å². The van der Waals surface area contributed by atoms with Crippen LogP contribution in [0, 0.1) is 0 Å². The van der Waals surface area contributed by atoms with E-state index in [1.54, 1.807) is 0 Å². The summed E-state index contributed by atoms with van der Waals surface area (Å²) in [6.07, 6.45) is 0. The van der Waals surface area contributed by atoms with Crippen molar-refractivity contribution in [2.45, 2.75) is 19.9 Å². The maximum absolute atomic E-state index is 8.99. The Kier molecular flexibility index (Phi) is 5.75. The molecular weight excluding hydrogens is 236 g/mol. The zero-order valence-electron chi connectivity index (χ0n) is 10.7. The predicted octanol–water partition coefficient (Wildman–Crippen LogP) is 2.44. The Hall–Kier alpha value is -0.770. The molecule has 1 atom stereocenters. The third-order valence-electron chi connectivity index (χ3n) is 3.00. The number of halogens is 1. The van der Waals surface area contributed by atoms with Gasteiger partial charge in [-0.3, -0.25) is 0 Å². The van der Waals surface area contributed by atoms with Crippen molar-refractivity contribution in [1.29, 1.82) is 0 Å². The van der Waals surface area contributed by atoms with Crippen LogP contribution in [0.3, 0.4) is 0 Å². The summed E-state index contributed by atoms with van der Waals surface area (Å²) >= 11 is 6.28. The Morgan fingerprint density at radius 3 is 2.65 bits per heavy atom. The van der Waals surface area contributed by atoms with Gasteiger partial charge in [0.05, 0.1) is 6.61 Å². The van der Waals surface area contributed by atoms with Crippen molar-refractivity contribution in [2.75, 3.05) is 31.6 Å². The first-order valence-electron chi connectivity index (χ1n) is 5.96. The van der Waals surface area contributed by atoms with Crippen molar-refractivity contribution < 1.29 is 5.11 Å². The second-order valence-electron chi connectivity index (χ2n) is 4.02. The lowest BCUT2D eigenvalue weighted by molar-refractivity contribution is 0.302. The lowest BCUT2D eigenvalue weighted by Gasteiger charge is -2.23. The van der Waals surface area contributed by atoms with Crippen LogP contribution in [-0.4, -0.2) is 31.9 Å². The van der Waals surface area contributed by atoms with Crippen LogP contribution in [-0.2, 0) is 0 Å². The lowest BCUT2D eigenvalue weighted by Crippen LogP contribution is -2.26. The molecule has 0 amide bonds. The molecule has 1 rings (SSSR count). The van der Waals surface area contributed by atoms with Gasteiger partial charge in [0.25, 0.3) is 0 Å². The first kappa shape index (κ1) is 14.3. The Morgan fingerprint density at radius 2 is 2.18 bits per heavy atom. The van der Waals surface area contributed by atoms with E-state index in [0.29, 0.717) is 6.54 Å². The number of aliphatic hydroxyl groups excluding tert-OH is 1. The molecule has 17 heavy (non-hydrogen) atoms. The first-order chi connectivity index (χ1) is 8.13. The summed E-state index contributed by atoms with van der Waals surface area (Å²) in [5.74, 6) is 0. The normalized spacial score (nSPS) is 12.5. The van der Waals surface area contributed by atoms with Gasteiger partial charge in [0.2, 0.25) is 0 Å². The number of benzene rings is 1. The molecule has 0 spiro atoms. The highest BCUT2D eigenvalue weighted by atomic mass is 35.5. The van der Waals surface area contributed by atoms with Gasteiger partial charge < -0.3 is 15.3 Å². The monoisotopic (exact) mass is 256 g/mol. The quantitative estimate of drug-likeness (QED) is 0.821. The van der Waals surface area contributed by atoms with Crippen molar-refractivity contribution in [3.63, 3.8) is 0 Å². The average Bonchev–Trinajstić information content (AvgIpc) is 2.35. The highest BCUT2D eigenvalue weighted by molar-refractivity contribution is 6.31. The summed E-state index contributed by atoms with van der Waals surface area (Å²) in [5.41, 5.74) is 2.15. The molecule has 3 nitrogen and oxygen atoms in total. The number of anilines is 1. The van der Waals surface area contributed by atoms with E-state index in [2.05, 4.69) is 24.1 Å². The number of nitrogens with zero attached hydrogens (tertiary/aromatic N) is 1. The fourth-order valence-electron chi connectivity index (χ4n) is 1.81. The molecular formula is C13H21ClN2O. The van der Waals surface area contributed by atoms with Crippen LogP contribution in [0.15, 0.2) is 18.2 Å². The standard InChI is InChI=1S/C13H21ClN2O/c1-4-16(7-8-17)11-5-6-12(10(2)15-3)13(14)9-11/h5-6,9-10,15,17H,4,7-8H2,1-3H3. The molecule has 0 radical (unpaired) electrons. The van der Waals surface area contributed by atoms with Gasteiger partial charge in [-0.05, 0) is 38.6 Å².